The van der Waals surface area contributed by atoms with Crippen LogP contribution < -0.4 is 5.32 Å². The van der Waals surface area contributed by atoms with E-state index in [1.165, 1.54) is 25.7 Å². The minimum absolute atomic E-state index is 0.505. The Labute approximate surface area is 119 Å². The number of aromatic nitrogens is 2. The number of nitrogens with one attached hydrogen (secondary N) is 1. The SMILES string of the molecule is CC(CNc1cc(Cl)nc(C2CC2)n1)N(C)C1CC1. The normalized spacial score (nSPS) is 20.6. The van der Waals surface area contributed by atoms with Crippen LogP contribution in [0.1, 0.15) is 44.3 Å². The van der Waals surface area contributed by atoms with Crippen molar-refractivity contribution in [2.24, 2.45) is 0 Å². The van der Waals surface area contributed by atoms with Crippen molar-refractivity contribution in [1.29, 1.82) is 0 Å². The van der Waals surface area contributed by atoms with Crippen molar-refractivity contribution >= 4 is 17.4 Å². The summed E-state index contributed by atoms with van der Waals surface area (Å²) in [5, 5.41) is 3.94. The highest BCUT2D eigenvalue weighted by Crippen LogP contribution is 2.38. The molecule has 1 unspecified atom stereocenters. The topological polar surface area (TPSA) is 41.1 Å². The van der Waals surface area contributed by atoms with Gasteiger partial charge in [-0.2, -0.15) is 0 Å². The maximum atomic E-state index is 6.06. The molecule has 1 aromatic heterocycles. The highest BCUT2D eigenvalue weighted by Gasteiger charge is 2.29. The molecule has 1 aromatic rings. The van der Waals surface area contributed by atoms with Crippen LogP contribution in [0.15, 0.2) is 6.07 Å². The Bertz CT molecular complexity index is 457. The predicted molar refractivity (Wildman–Crippen MR) is 77.8 cm³/mol. The smallest absolute Gasteiger partial charge is 0.135 e. The molecule has 3 rings (SSSR count). The van der Waals surface area contributed by atoms with Gasteiger partial charge in [0.2, 0.25) is 0 Å². The number of anilines is 1. The summed E-state index contributed by atoms with van der Waals surface area (Å²) in [6.45, 7) is 3.14. The first-order valence-corrected chi connectivity index (χ1v) is 7.51. The monoisotopic (exact) mass is 280 g/mol. The van der Waals surface area contributed by atoms with Gasteiger partial charge in [-0.3, -0.25) is 4.90 Å². The molecule has 1 atom stereocenters. The molecule has 5 heteroatoms. The third-order valence-corrected chi connectivity index (χ3v) is 4.24. The summed E-state index contributed by atoms with van der Waals surface area (Å²) in [7, 11) is 2.20. The minimum atomic E-state index is 0.505. The van der Waals surface area contributed by atoms with Crippen LogP contribution in [0.2, 0.25) is 5.15 Å². The van der Waals surface area contributed by atoms with Gasteiger partial charge in [0, 0.05) is 30.6 Å². The van der Waals surface area contributed by atoms with E-state index in [0.717, 1.165) is 24.2 Å². The first-order valence-electron chi connectivity index (χ1n) is 7.14. The van der Waals surface area contributed by atoms with E-state index in [4.69, 9.17) is 11.6 Å². The molecule has 2 aliphatic carbocycles. The van der Waals surface area contributed by atoms with Crippen LogP contribution in [0.3, 0.4) is 0 Å². The third kappa shape index (κ3) is 3.37. The molecule has 0 spiro atoms. The highest BCUT2D eigenvalue weighted by atomic mass is 35.5. The summed E-state index contributed by atoms with van der Waals surface area (Å²) in [6.07, 6.45) is 5.07. The molecule has 0 amide bonds. The number of hydrogen-bond donors (Lipinski definition) is 1. The number of likely N-dealkylation sites (N-methyl/N-ethyl adjacent to an activating group) is 1. The molecule has 0 bridgehead atoms. The fourth-order valence-electron chi connectivity index (χ4n) is 2.29. The van der Waals surface area contributed by atoms with Crippen LogP contribution in [-0.4, -0.2) is 40.5 Å². The Morgan fingerprint density at radius 1 is 1.37 bits per heavy atom. The third-order valence-electron chi connectivity index (χ3n) is 4.05. The molecule has 0 saturated heterocycles. The van der Waals surface area contributed by atoms with Crippen LogP contribution in [0.5, 0.6) is 0 Å². The van der Waals surface area contributed by atoms with E-state index >= 15 is 0 Å². The Kier molecular flexibility index (Phi) is 3.63. The van der Waals surface area contributed by atoms with Crippen molar-refractivity contribution in [3.05, 3.63) is 17.0 Å². The lowest BCUT2D eigenvalue weighted by Gasteiger charge is -2.24. The molecule has 0 aliphatic heterocycles. The van der Waals surface area contributed by atoms with Crippen molar-refractivity contribution < 1.29 is 0 Å². The van der Waals surface area contributed by atoms with Gasteiger partial charge in [-0.05, 0) is 39.7 Å². The van der Waals surface area contributed by atoms with Crippen molar-refractivity contribution in [1.82, 2.24) is 14.9 Å². The standard InChI is InChI=1S/C14H21ClN4/c1-9(19(2)11-5-6-11)8-16-13-7-12(15)17-14(18-13)10-3-4-10/h7,9-11H,3-6,8H2,1-2H3,(H,16,17,18). The molecule has 19 heavy (non-hydrogen) atoms. The molecular weight excluding hydrogens is 260 g/mol. The Morgan fingerprint density at radius 2 is 2.11 bits per heavy atom. The Balaban J connectivity index is 1.59. The van der Waals surface area contributed by atoms with Gasteiger partial charge in [-0.25, -0.2) is 9.97 Å². The summed E-state index contributed by atoms with van der Waals surface area (Å²) >= 11 is 6.06. The van der Waals surface area contributed by atoms with Gasteiger partial charge in [-0.15, -0.1) is 0 Å². The molecule has 104 valence electrons. The second-order valence-corrected chi connectivity index (χ2v) is 6.22. The number of nitrogens with zero attached hydrogens (tertiary/aromatic N) is 3. The Hall–Kier alpha value is -0.870. The van der Waals surface area contributed by atoms with Crippen LogP contribution in [-0.2, 0) is 0 Å². The second kappa shape index (κ2) is 5.25. The summed E-state index contributed by atoms with van der Waals surface area (Å²) in [6, 6.07) is 3.11. The van der Waals surface area contributed by atoms with E-state index in [9.17, 15) is 0 Å². The minimum Gasteiger partial charge on any atom is -0.368 e. The van der Waals surface area contributed by atoms with Gasteiger partial charge in [-0.1, -0.05) is 11.6 Å². The van der Waals surface area contributed by atoms with E-state index in [2.05, 4.69) is 34.2 Å². The highest BCUT2D eigenvalue weighted by molar-refractivity contribution is 6.29. The van der Waals surface area contributed by atoms with Gasteiger partial charge in [0.25, 0.3) is 0 Å². The van der Waals surface area contributed by atoms with E-state index in [0.29, 0.717) is 17.1 Å². The molecule has 4 nitrogen and oxygen atoms in total. The summed E-state index contributed by atoms with van der Waals surface area (Å²) in [5.41, 5.74) is 0. The van der Waals surface area contributed by atoms with Gasteiger partial charge in [0.05, 0.1) is 0 Å². The van der Waals surface area contributed by atoms with Gasteiger partial charge >= 0.3 is 0 Å². The number of halogens is 1. The van der Waals surface area contributed by atoms with E-state index in [1.807, 2.05) is 6.07 Å². The van der Waals surface area contributed by atoms with Crippen LogP contribution in [0.4, 0.5) is 5.82 Å². The number of hydrogen-bond acceptors (Lipinski definition) is 4. The van der Waals surface area contributed by atoms with E-state index in [1.54, 1.807) is 0 Å². The second-order valence-electron chi connectivity index (χ2n) is 5.83. The summed E-state index contributed by atoms with van der Waals surface area (Å²) in [5.74, 6) is 2.29. The zero-order valence-corrected chi connectivity index (χ0v) is 12.3. The average Bonchev–Trinajstić information content (AvgIpc) is 3.27. The maximum Gasteiger partial charge on any atom is 0.135 e. The van der Waals surface area contributed by atoms with Crippen LogP contribution >= 0.6 is 11.6 Å². The first-order chi connectivity index (χ1) is 9.13. The van der Waals surface area contributed by atoms with Crippen molar-refractivity contribution in [3.63, 3.8) is 0 Å². The first kappa shape index (κ1) is 13.1. The Morgan fingerprint density at radius 3 is 2.74 bits per heavy atom. The summed E-state index contributed by atoms with van der Waals surface area (Å²) in [4.78, 5) is 11.3. The van der Waals surface area contributed by atoms with E-state index < -0.39 is 0 Å². The largest absolute Gasteiger partial charge is 0.368 e. The fourth-order valence-corrected chi connectivity index (χ4v) is 2.48. The molecular formula is C14H21ClN4. The molecule has 1 heterocycles. The van der Waals surface area contributed by atoms with Gasteiger partial charge in [0.15, 0.2) is 0 Å². The number of rotatable bonds is 6. The lowest BCUT2D eigenvalue weighted by Crippen LogP contribution is -2.36. The van der Waals surface area contributed by atoms with Gasteiger partial charge < -0.3 is 5.32 Å². The molecule has 2 fully saturated rings. The van der Waals surface area contributed by atoms with Gasteiger partial charge in [0.1, 0.15) is 16.8 Å². The predicted octanol–water partition coefficient (Wildman–Crippen LogP) is 2.90. The van der Waals surface area contributed by atoms with Crippen molar-refractivity contribution in [2.75, 3.05) is 18.9 Å². The van der Waals surface area contributed by atoms with Crippen molar-refractivity contribution in [3.8, 4) is 0 Å². The zero-order chi connectivity index (χ0) is 13.4. The van der Waals surface area contributed by atoms with Crippen molar-refractivity contribution in [2.45, 2.75) is 50.6 Å². The summed E-state index contributed by atoms with van der Waals surface area (Å²) < 4.78 is 0. The van der Waals surface area contributed by atoms with Crippen LogP contribution in [0, 0.1) is 0 Å². The molecule has 2 aliphatic rings. The quantitative estimate of drug-likeness (QED) is 0.814. The fraction of sp³-hybridized carbons (Fsp3) is 0.714. The molecule has 0 radical (unpaired) electrons. The lowest BCUT2D eigenvalue weighted by atomic mass is 10.3. The molecule has 0 aromatic carbocycles. The lowest BCUT2D eigenvalue weighted by molar-refractivity contribution is 0.257. The average molecular weight is 281 g/mol. The maximum absolute atomic E-state index is 6.06. The van der Waals surface area contributed by atoms with Crippen LogP contribution in [0.25, 0.3) is 0 Å². The van der Waals surface area contributed by atoms with E-state index in [-0.39, 0.29) is 0 Å². The zero-order valence-electron chi connectivity index (χ0n) is 11.6. The molecule has 1 N–H and O–H groups in total. The molecule has 2 saturated carbocycles.